The lowest BCUT2D eigenvalue weighted by Gasteiger charge is -2.49. The quantitative estimate of drug-likeness (QED) is 0.861. The van der Waals surface area contributed by atoms with Gasteiger partial charge in [0, 0.05) is 31.9 Å². The Morgan fingerprint density at radius 2 is 2.00 bits per heavy atom. The van der Waals surface area contributed by atoms with Crippen LogP contribution < -0.4 is 10.2 Å². The summed E-state index contributed by atoms with van der Waals surface area (Å²) in [5, 5.41) is 3.17. The molecule has 2 rings (SSSR count). The topological polar surface area (TPSA) is 31.4 Å². The highest BCUT2D eigenvalue weighted by atomic mass is 15.2. The molecule has 1 heterocycles. The third-order valence-electron chi connectivity index (χ3n) is 4.61. The number of likely N-dealkylation sites (N-methyl/N-ethyl adjacent to an activating group) is 2. The molecule has 0 unspecified atom stereocenters. The van der Waals surface area contributed by atoms with Crippen LogP contribution in [0.5, 0.6) is 0 Å². The summed E-state index contributed by atoms with van der Waals surface area (Å²) < 4.78 is 0. The molecule has 20 heavy (non-hydrogen) atoms. The van der Waals surface area contributed by atoms with Gasteiger partial charge in [-0.1, -0.05) is 0 Å². The molecule has 0 saturated heterocycles. The first-order chi connectivity index (χ1) is 9.48. The van der Waals surface area contributed by atoms with Crippen molar-refractivity contribution < 1.29 is 0 Å². The zero-order valence-corrected chi connectivity index (χ0v) is 13.5. The largest absolute Gasteiger partial charge is 0.358 e. The van der Waals surface area contributed by atoms with Crippen molar-refractivity contribution in [2.45, 2.75) is 38.3 Å². The summed E-state index contributed by atoms with van der Waals surface area (Å²) in [6, 6.07) is 2.23. The number of hydrogen-bond acceptors (Lipinski definition) is 4. The van der Waals surface area contributed by atoms with E-state index >= 15 is 0 Å². The molecule has 1 saturated carbocycles. The summed E-state index contributed by atoms with van der Waals surface area (Å²) in [4.78, 5) is 9.37. The fraction of sp³-hybridized carbons (Fsp3) is 0.688. The van der Waals surface area contributed by atoms with E-state index < -0.39 is 0 Å². The fourth-order valence-electron chi connectivity index (χ4n) is 3.17. The summed E-state index contributed by atoms with van der Waals surface area (Å²) in [7, 11) is 8.52. The first-order valence-corrected chi connectivity index (χ1v) is 7.47. The third kappa shape index (κ3) is 2.96. The summed E-state index contributed by atoms with van der Waals surface area (Å²) in [6.07, 6.45) is 5.92. The van der Waals surface area contributed by atoms with Crippen LogP contribution in [0.4, 0.5) is 5.82 Å². The molecule has 1 aliphatic rings. The van der Waals surface area contributed by atoms with Crippen molar-refractivity contribution in [3.63, 3.8) is 0 Å². The SMILES string of the molecule is CNCc1cnc(N(C)CC2(N(C)C)CCC2)c(C)c1. The Balaban J connectivity index is 2.11. The van der Waals surface area contributed by atoms with Crippen molar-refractivity contribution >= 4 is 5.82 Å². The predicted molar refractivity (Wildman–Crippen MR) is 85.3 cm³/mol. The second-order valence-corrected chi connectivity index (χ2v) is 6.34. The Morgan fingerprint density at radius 3 is 2.45 bits per heavy atom. The molecule has 0 amide bonds. The molecule has 4 nitrogen and oxygen atoms in total. The van der Waals surface area contributed by atoms with E-state index in [0.717, 1.165) is 18.9 Å². The van der Waals surface area contributed by atoms with Gasteiger partial charge in [-0.05, 0) is 64.5 Å². The van der Waals surface area contributed by atoms with E-state index in [1.54, 1.807) is 0 Å². The van der Waals surface area contributed by atoms with Gasteiger partial charge in [-0.25, -0.2) is 4.98 Å². The molecular weight excluding hydrogens is 248 g/mol. The average Bonchev–Trinajstić information content (AvgIpc) is 2.33. The van der Waals surface area contributed by atoms with Gasteiger partial charge in [0.05, 0.1) is 0 Å². The van der Waals surface area contributed by atoms with Crippen LogP contribution in [-0.2, 0) is 6.54 Å². The zero-order chi connectivity index (χ0) is 14.8. The minimum absolute atomic E-state index is 0.340. The van der Waals surface area contributed by atoms with Crippen molar-refractivity contribution in [3.05, 3.63) is 23.4 Å². The van der Waals surface area contributed by atoms with Crippen molar-refractivity contribution in [2.24, 2.45) is 0 Å². The lowest BCUT2D eigenvalue weighted by atomic mass is 9.75. The summed E-state index contributed by atoms with van der Waals surface area (Å²) in [5.74, 6) is 1.11. The van der Waals surface area contributed by atoms with Gasteiger partial charge in [-0.3, -0.25) is 0 Å². The molecule has 1 aliphatic carbocycles. The molecule has 0 spiro atoms. The van der Waals surface area contributed by atoms with Crippen molar-refractivity contribution in [1.29, 1.82) is 0 Å². The molecule has 0 aliphatic heterocycles. The minimum atomic E-state index is 0.340. The van der Waals surface area contributed by atoms with Crippen LogP contribution in [0.25, 0.3) is 0 Å². The molecule has 4 heteroatoms. The maximum absolute atomic E-state index is 4.67. The second-order valence-electron chi connectivity index (χ2n) is 6.34. The Hall–Kier alpha value is -1.13. The molecule has 1 fully saturated rings. The van der Waals surface area contributed by atoms with E-state index in [4.69, 9.17) is 0 Å². The molecule has 0 bridgehead atoms. The van der Waals surface area contributed by atoms with E-state index in [1.165, 1.54) is 30.4 Å². The number of anilines is 1. The third-order valence-corrected chi connectivity index (χ3v) is 4.61. The van der Waals surface area contributed by atoms with Crippen LogP contribution in [0.1, 0.15) is 30.4 Å². The number of aryl methyl sites for hydroxylation is 1. The number of nitrogens with one attached hydrogen (secondary N) is 1. The van der Waals surface area contributed by atoms with Crippen LogP contribution in [0, 0.1) is 6.92 Å². The van der Waals surface area contributed by atoms with Crippen LogP contribution in [0.2, 0.25) is 0 Å². The monoisotopic (exact) mass is 276 g/mol. The van der Waals surface area contributed by atoms with Gasteiger partial charge in [0.15, 0.2) is 0 Å². The Kier molecular flexibility index (Phi) is 4.66. The number of aromatic nitrogens is 1. The maximum atomic E-state index is 4.67. The van der Waals surface area contributed by atoms with Gasteiger partial charge in [0.25, 0.3) is 0 Å². The zero-order valence-electron chi connectivity index (χ0n) is 13.5. The molecule has 1 aromatic heterocycles. The van der Waals surface area contributed by atoms with E-state index in [9.17, 15) is 0 Å². The second kappa shape index (κ2) is 6.10. The standard InChI is InChI=1S/C16H28N4/c1-13-9-14(10-17-2)11-18-15(13)20(5)12-16(19(3)4)7-6-8-16/h9,11,17H,6-8,10,12H2,1-5H3. The van der Waals surface area contributed by atoms with Crippen LogP contribution >= 0.6 is 0 Å². The first kappa shape index (κ1) is 15.3. The van der Waals surface area contributed by atoms with Gasteiger partial charge >= 0.3 is 0 Å². The normalized spacial score (nSPS) is 17.1. The Labute approximate surface area is 123 Å². The number of hydrogen-bond donors (Lipinski definition) is 1. The van der Waals surface area contributed by atoms with Gasteiger partial charge in [-0.2, -0.15) is 0 Å². The van der Waals surface area contributed by atoms with Gasteiger partial charge in [0.2, 0.25) is 0 Å². The highest BCUT2D eigenvalue weighted by Crippen LogP contribution is 2.37. The molecular formula is C16H28N4. The predicted octanol–water partition coefficient (Wildman–Crippen LogP) is 2.03. The van der Waals surface area contributed by atoms with E-state index in [-0.39, 0.29) is 0 Å². The summed E-state index contributed by atoms with van der Waals surface area (Å²) in [5.41, 5.74) is 2.84. The van der Waals surface area contributed by atoms with E-state index in [2.05, 4.69) is 54.2 Å². The highest BCUT2D eigenvalue weighted by Gasteiger charge is 2.40. The van der Waals surface area contributed by atoms with Gasteiger partial charge in [-0.15, -0.1) is 0 Å². The van der Waals surface area contributed by atoms with E-state index in [1.807, 2.05) is 13.2 Å². The maximum Gasteiger partial charge on any atom is 0.131 e. The Morgan fingerprint density at radius 1 is 1.30 bits per heavy atom. The molecule has 1 aromatic rings. The molecule has 0 radical (unpaired) electrons. The lowest BCUT2D eigenvalue weighted by molar-refractivity contribution is 0.0681. The number of nitrogens with zero attached hydrogens (tertiary/aromatic N) is 3. The number of pyridine rings is 1. The smallest absolute Gasteiger partial charge is 0.131 e. The summed E-state index contributed by atoms with van der Waals surface area (Å²) in [6.45, 7) is 4.08. The van der Waals surface area contributed by atoms with E-state index in [0.29, 0.717) is 5.54 Å². The van der Waals surface area contributed by atoms with Crippen LogP contribution in [0.3, 0.4) is 0 Å². The molecule has 0 atom stereocenters. The lowest BCUT2D eigenvalue weighted by Crippen LogP contribution is -2.57. The highest BCUT2D eigenvalue weighted by molar-refractivity contribution is 5.47. The van der Waals surface area contributed by atoms with Gasteiger partial charge in [0.1, 0.15) is 5.82 Å². The molecule has 0 aromatic carbocycles. The van der Waals surface area contributed by atoms with Crippen molar-refractivity contribution in [3.8, 4) is 0 Å². The average molecular weight is 276 g/mol. The minimum Gasteiger partial charge on any atom is -0.358 e. The van der Waals surface area contributed by atoms with Crippen molar-refractivity contribution in [1.82, 2.24) is 15.2 Å². The van der Waals surface area contributed by atoms with Crippen LogP contribution in [-0.4, -0.2) is 50.2 Å². The fourth-order valence-corrected chi connectivity index (χ4v) is 3.17. The first-order valence-electron chi connectivity index (χ1n) is 7.47. The van der Waals surface area contributed by atoms with Crippen molar-refractivity contribution in [2.75, 3.05) is 39.6 Å². The Bertz CT molecular complexity index is 452. The van der Waals surface area contributed by atoms with Crippen LogP contribution in [0.15, 0.2) is 12.3 Å². The summed E-state index contributed by atoms with van der Waals surface area (Å²) >= 11 is 0. The molecule has 1 N–H and O–H groups in total. The molecule has 112 valence electrons. The van der Waals surface area contributed by atoms with Gasteiger partial charge < -0.3 is 15.1 Å². The number of rotatable bonds is 6.